The lowest BCUT2D eigenvalue weighted by Crippen LogP contribution is -2.51. The van der Waals surface area contributed by atoms with Crippen molar-refractivity contribution in [3.05, 3.63) is 48.5 Å². The summed E-state index contributed by atoms with van der Waals surface area (Å²) in [5.41, 5.74) is 1.04. The predicted molar refractivity (Wildman–Crippen MR) is 131 cm³/mol. The van der Waals surface area contributed by atoms with Gasteiger partial charge >= 0.3 is 0 Å². The molecule has 0 spiro atoms. The van der Waals surface area contributed by atoms with Crippen LogP contribution in [0.4, 0.5) is 5.69 Å². The number of nitrogens with one attached hydrogen (secondary N) is 1. The van der Waals surface area contributed by atoms with Gasteiger partial charge < -0.3 is 14.5 Å². The Labute approximate surface area is 206 Å². The number of benzene rings is 2. The Kier molecular flexibility index (Phi) is 7.64. The normalized spacial score (nSPS) is 17.5. The summed E-state index contributed by atoms with van der Waals surface area (Å²) in [7, 11) is -5.97. The number of ether oxygens (including phenoxy) is 1. The van der Waals surface area contributed by atoms with Crippen LogP contribution in [0.5, 0.6) is 5.75 Å². The highest BCUT2D eigenvalue weighted by atomic mass is 32.2. The van der Waals surface area contributed by atoms with Crippen LogP contribution in [0.2, 0.25) is 0 Å². The number of amides is 1. The zero-order valence-corrected chi connectivity index (χ0v) is 21.2. The lowest BCUT2D eigenvalue weighted by atomic mass is 10.2. The van der Waals surface area contributed by atoms with Gasteiger partial charge in [-0.2, -0.15) is 4.31 Å². The zero-order chi connectivity index (χ0) is 25.1. The summed E-state index contributed by atoms with van der Waals surface area (Å²) in [6.45, 7) is 2.82. The van der Waals surface area contributed by atoms with E-state index in [1.54, 1.807) is 12.0 Å². The van der Waals surface area contributed by atoms with E-state index >= 15 is 0 Å². The van der Waals surface area contributed by atoms with Crippen molar-refractivity contribution in [2.45, 2.75) is 22.6 Å². The minimum absolute atomic E-state index is 0.0594. The van der Waals surface area contributed by atoms with E-state index < -0.39 is 20.0 Å². The average molecular weight is 523 g/mol. The third kappa shape index (κ3) is 5.77. The van der Waals surface area contributed by atoms with E-state index in [1.807, 2.05) is 24.3 Å². The maximum atomic E-state index is 12.7. The summed E-state index contributed by atoms with van der Waals surface area (Å²) in [4.78, 5) is 16.4. The second-order valence-corrected chi connectivity index (χ2v) is 12.2. The van der Waals surface area contributed by atoms with E-state index in [2.05, 4.69) is 9.62 Å². The molecule has 2 aliphatic rings. The smallest absolute Gasteiger partial charge is 0.243 e. The van der Waals surface area contributed by atoms with Gasteiger partial charge in [-0.1, -0.05) is 0 Å². The first-order valence-electron chi connectivity index (χ1n) is 11.5. The quantitative estimate of drug-likeness (QED) is 0.552. The topological polar surface area (TPSA) is 116 Å². The number of anilines is 1. The molecule has 0 saturated carbocycles. The Hall–Kier alpha value is -2.67. The van der Waals surface area contributed by atoms with Crippen molar-refractivity contribution in [2.75, 3.05) is 57.8 Å². The minimum atomic E-state index is -3.96. The molecule has 0 aliphatic carbocycles. The molecular formula is C23H30N4O6S2. The number of carbonyl (C=O) groups excluding carboxylic acids is 1. The molecule has 2 aromatic rings. The summed E-state index contributed by atoms with van der Waals surface area (Å²) in [5, 5.41) is 0. The average Bonchev–Trinajstić information content (AvgIpc) is 3.44. The fourth-order valence-electron chi connectivity index (χ4n) is 4.23. The van der Waals surface area contributed by atoms with Crippen molar-refractivity contribution in [3.8, 4) is 5.75 Å². The Balaban J connectivity index is 1.30. The number of nitrogens with zero attached hydrogens (tertiary/aromatic N) is 3. The van der Waals surface area contributed by atoms with E-state index in [0.29, 0.717) is 39.3 Å². The van der Waals surface area contributed by atoms with Gasteiger partial charge in [0.1, 0.15) is 5.75 Å². The minimum Gasteiger partial charge on any atom is -0.497 e. The molecule has 1 N–H and O–H groups in total. The Morgan fingerprint density at radius 3 is 1.97 bits per heavy atom. The molecule has 0 atom stereocenters. The maximum Gasteiger partial charge on any atom is 0.243 e. The maximum absolute atomic E-state index is 12.7. The van der Waals surface area contributed by atoms with Crippen LogP contribution in [0.1, 0.15) is 12.8 Å². The lowest BCUT2D eigenvalue weighted by Gasteiger charge is -2.36. The highest BCUT2D eigenvalue weighted by Gasteiger charge is 2.28. The molecule has 0 unspecified atom stereocenters. The van der Waals surface area contributed by atoms with Crippen LogP contribution >= 0.6 is 0 Å². The zero-order valence-electron chi connectivity index (χ0n) is 19.6. The molecule has 2 aromatic carbocycles. The van der Waals surface area contributed by atoms with Crippen molar-refractivity contribution in [1.29, 1.82) is 0 Å². The Morgan fingerprint density at radius 2 is 1.40 bits per heavy atom. The standard InChI is InChI=1S/C23H30N4O6S2/c1-33-20-6-4-19(5-7-20)25-14-16-26(17-15-25)23(28)18-24-34(29,30)21-8-10-22(11-9-21)35(31,32)27-12-2-3-13-27/h4-11,24H,2-3,12-18H2,1H3. The van der Waals surface area contributed by atoms with Crippen molar-refractivity contribution >= 4 is 31.6 Å². The van der Waals surface area contributed by atoms with Crippen LogP contribution in [0.25, 0.3) is 0 Å². The first-order chi connectivity index (χ1) is 16.7. The largest absolute Gasteiger partial charge is 0.497 e. The fourth-order valence-corrected chi connectivity index (χ4v) is 6.72. The van der Waals surface area contributed by atoms with Crippen molar-refractivity contribution < 1.29 is 26.4 Å². The van der Waals surface area contributed by atoms with E-state index in [0.717, 1.165) is 24.3 Å². The number of hydrogen-bond donors (Lipinski definition) is 1. The van der Waals surface area contributed by atoms with Gasteiger partial charge in [0.25, 0.3) is 0 Å². The highest BCUT2D eigenvalue weighted by molar-refractivity contribution is 7.89. The SMILES string of the molecule is COc1ccc(N2CCN(C(=O)CNS(=O)(=O)c3ccc(S(=O)(=O)N4CCCC4)cc3)CC2)cc1. The summed E-state index contributed by atoms with van der Waals surface area (Å²) < 4.78 is 59.5. The fraction of sp³-hybridized carbons (Fsp3) is 0.435. The van der Waals surface area contributed by atoms with Gasteiger partial charge in [0.2, 0.25) is 26.0 Å². The molecule has 2 fully saturated rings. The van der Waals surface area contributed by atoms with Gasteiger partial charge in [-0.3, -0.25) is 4.79 Å². The summed E-state index contributed by atoms with van der Waals surface area (Å²) in [5.74, 6) is 0.467. The monoisotopic (exact) mass is 522 g/mol. The molecule has 0 bridgehead atoms. The number of methoxy groups -OCH3 is 1. The van der Waals surface area contributed by atoms with Gasteiger partial charge in [0.15, 0.2) is 0 Å². The van der Waals surface area contributed by atoms with Crippen LogP contribution in [0.3, 0.4) is 0 Å². The van der Waals surface area contributed by atoms with Gasteiger partial charge in [-0.15, -0.1) is 0 Å². The summed E-state index contributed by atoms with van der Waals surface area (Å²) >= 11 is 0. The number of rotatable bonds is 8. The second kappa shape index (κ2) is 10.5. The highest BCUT2D eigenvalue weighted by Crippen LogP contribution is 2.23. The lowest BCUT2D eigenvalue weighted by molar-refractivity contribution is -0.130. The Bertz CT molecular complexity index is 1230. The first kappa shape index (κ1) is 25.4. The molecule has 2 aliphatic heterocycles. The molecule has 2 saturated heterocycles. The van der Waals surface area contributed by atoms with E-state index in [4.69, 9.17) is 4.74 Å². The van der Waals surface area contributed by atoms with E-state index in [9.17, 15) is 21.6 Å². The number of sulfonamides is 2. The van der Waals surface area contributed by atoms with Gasteiger partial charge in [-0.05, 0) is 61.4 Å². The molecule has 1 amide bonds. The van der Waals surface area contributed by atoms with Gasteiger partial charge in [-0.25, -0.2) is 21.6 Å². The van der Waals surface area contributed by atoms with Crippen LogP contribution < -0.4 is 14.4 Å². The molecule has 4 rings (SSSR count). The van der Waals surface area contributed by atoms with Crippen LogP contribution in [0, 0.1) is 0 Å². The molecule has 2 heterocycles. The van der Waals surface area contributed by atoms with Gasteiger partial charge in [0, 0.05) is 45.0 Å². The molecule has 0 radical (unpaired) electrons. The molecule has 0 aromatic heterocycles. The van der Waals surface area contributed by atoms with Crippen LogP contribution in [0.15, 0.2) is 58.3 Å². The van der Waals surface area contributed by atoms with E-state index in [-0.39, 0.29) is 22.2 Å². The Morgan fingerprint density at radius 1 is 0.829 bits per heavy atom. The van der Waals surface area contributed by atoms with Crippen LogP contribution in [-0.2, 0) is 24.8 Å². The third-order valence-corrected chi connectivity index (χ3v) is 9.65. The number of piperazine rings is 1. The molecule has 10 nitrogen and oxygen atoms in total. The third-order valence-electron chi connectivity index (χ3n) is 6.32. The van der Waals surface area contributed by atoms with Crippen LogP contribution in [-0.4, -0.2) is 84.9 Å². The first-order valence-corrected chi connectivity index (χ1v) is 14.4. The van der Waals surface area contributed by atoms with Crippen molar-refractivity contribution in [2.24, 2.45) is 0 Å². The van der Waals surface area contributed by atoms with Crippen molar-refractivity contribution in [3.63, 3.8) is 0 Å². The van der Waals surface area contributed by atoms with Crippen molar-refractivity contribution in [1.82, 2.24) is 13.9 Å². The summed E-state index contributed by atoms with van der Waals surface area (Å²) in [6.07, 6.45) is 1.64. The molecule has 35 heavy (non-hydrogen) atoms. The number of carbonyl (C=O) groups is 1. The predicted octanol–water partition coefficient (Wildman–Crippen LogP) is 1.11. The number of hydrogen-bond acceptors (Lipinski definition) is 7. The second-order valence-electron chi connectivity index (χ2n) is 8.47. The van der Waals surface area contributed by atoms with Gasteiger partial charge in [0.05, 0.1) is 23.4 Å². The van der Waals surface area contributed by atoms with E-state index in [1.165, 1.54) is 28.6 Å². The molecule has 190 valence electrons. The molecular weight excluding hydrogens is 492 g/mol. The summed E-state index contributed by atoms with van der Waals surface area (Å²) in [6, 6.07) is 12.8. The molecule has 12 heteroatoms.